The van der Waals surface area contributed by atoms with Crippen molar-refractivity contribution in [1.82, 2.24) is 42.1 Å². The molecule has 0 unspecified atom stereocenters. The lowest BCUT2D eigenvalue weighted by molar-refractivity contribution is -0.142. The number of rotatable bonds is 31. The molecule has 0 spiro atoms. The highest BCUT2D eigenvalue weighted by atomic mass is 32.1. The van der Waals surface area contributed by atoms with Gasteiger partial charge in [0.15, 0.2) is 5.96 Å². The Kier molecular flexibility index (Phi) is 26.0. The van der Waals surface area contributed by atoms with Crippen LogP contribution in [-0.2, 0) is 60.8 Å². The van der Waals surface area contributed by atoms with Crippen LogP contribution >= 0.6 is 25.3 Å². The molecule has 26 heteroatoms. The molecule has 3 rings (SSSR count). The zero-order chi connectivity index (χ0) is 54.9. The van der Waals surface area contributed by atoms with Gasteiger partial charge in [0, 0.05) is 44.5 Å². The number of carbonyl (C=O) groups is 10. The van der Waals surface area contributed by atoms with Crippen molar-refractivity contribution in [2.75, 3.05) is 31.1 Å². The molecule has 24 nitrogen and oxygen atoms in total. The number of hydrogen-bond acceptors (Lipinski definition) is 14. The molecule has 0 aliphatic carbocycles. The van der Waals surface area contributed by atoms with E-state index in [0.29, 0.717) is 24.0 Å². The second kappa shape index (κ2) is 31.5. The summed E-state index contributed by atoms with van der Waals surface area (Å²) in [5.41, 5.74) is 22.7. The number of nitrogens with zero attached hydrogens (tertiary/aromatic N) is 2. The van der Waals surface area contributed by atoms with Crippen molar-refractivity contribution in [1.29, 1.82) is 0 Å². The maximum Gasteiger partial charge on any atom is 0.246 e. The number of likely N-dealkylation sites (tertiary alicyclic amines) is 1. The summed E-state index contributed by atoms with van der Waals surface area (Å²) in [7, 11) is 0. The van der Waals surface area contributed by atoms with Crippen LogP contribution in [0.3, 0.4) is 0 Å². The number of aromatic hydroxyl groups is 1. The van der Waals surface area contributed by atoms with Crippen LogP contribution in [0.25, 0.3) is 0 Å². The molecule has 1 aliphatic rings. The number of primary amides is 2. The van der Waals surface area contributed by atoms with Crippen molar-refractivity contribution < 1.29 is 53.1 Å². The van der Waals surface area contributed by atoms with Gasteiger partial charge in [0.25, 0.3) is 0 Å². The Morgan fingerprint density at radius 1 is 0.689 bits per heavy atom. The van der Waals surface area contributed by atoms with Crippen molar-refractivity contribution in [3.8, 4) is 5.75 Å². The van der Waals surface area contributed by atoms with Crippen molar-refractivity contribution in [2.45, 2.75) is 120 Å². The summed E-state index contributed by atoms with van der Waals surface area (Å²) >= 11 is 8.43. The van der Waals surface area contributed by atoms with E-state index in [1.807, 2.05) is 0 Å². The van der Waals surface area contributed by atoms with Crippen LogP contribution in [0, 0.1) is 5.92 Å². The number of phenols is 1. The molecule has 0 bridgehead atoms. The van der Waals surface area contributed by atoms with Gasteiger partial charge in [-0.15, -0.1) is 0 Å². The first kappa shape index (κ1) is 61.2. The van der Waals surface area contributed by atoms with Crippen LogP contribution in [0.15, 0.2) is 59.6 Å². The van der Waals surface area contributed by atoms with Gasteiger partial charge in [0.05, 0.1) is 6.54 Å². The van der Waals surface area contributed by atoms with Crippen molar-refractivity contribution in [2.24, 2.45) is 33.8 Å². The Labute approximate surface area is 440 Å². The third-order valence-electron chi connectivity index (χ3n) is 12.0. The molecular weight excluding hydrogens is 999 g/mol. The third-order valence-corrected chi connectivity index (χ3v) is 12.6. The summed E-state index contributed by atoms with van der Waals surface area (Å²) in [5, 5.41) is 28.2. The number of thiol groups is 2. The molecule has 1 heterocycles. The van der Waals surface area contributed by atoms with Gasteiger partial charge >= 0.3 is 0 Å². The number of benzene rings is 2. The van der Waals surface area contributed by atoms with E-state index >= 15 is 0 Å². The average Bonchev–Trinajstić information content (AvgIpc) is 3.86. The second-order valence-electron chi connectivity index (χ2n) is 17.8. The normalized spacial score (nSPS) is 15.8. The SMILES string of the molecule is CC[C@H](C)[C@H](NC(=O)[C@H](Cc1ccccc1)NC(=O)[C@H](Cc1ccc(O)cc1)NC(=O)CCS)C(=O)N[C@@H](CCC(N)=O)C(=O)N[C@@H](CS)C(=O)N1CCC[C@H]1C(=O)N[C@H](CCCN=C(N)N)C(=O)NCC(N)=O. The van der Waals surface area contributed by atoms with E-state index in [4.69, 9.17) is 22.9 Å². The average molecular weight is 1070 g/mol. The van der Waals surface area contributed by atoms with Crippen LogP contribution in [0.5, 0.6) is 5.75 Å². The Balaban J connectivity index is 1.85. The topological polar surface area (TPSA) is 395 Å². The van der Waals surface area contributed by atoms with Crippen LogP contribution in [0.4, 0.5) is 0 Å². The van der Waals surface area contributed by atoms with E-state index in [-0.39, 0.29) is 87.7 Å². The molecule has 406 valence electrons. The zero-order valence-corrected chi connectivity index (χ0v) is 43.3. The van der Waals surface area contributed by atoms with Gasteiger partial charge in [-0.1, -0.05) is 62.7 Å². The quantitative estimate of drug-likeness (QED) is 0.0158. The summed E-state index contributed by atoms with van der Waals surface area (Å²) in [6.07, 6.45) is 0.463. The van der Waals surface area contributed by atoms with Crippen LogP contribution in [0.2, 0.25) is 0 Å². The minimum atomic E-state index is -1.49. The van der Waals surface area contributed by atoms with Crippen LogP contribution in [-0.4, -0.2) is 148 Å². The molecule has 0 radical (unpaired) electrons. The zero-order valence-electron chi connectivity index (χ0n) is 41.5. The van der Waals surface area contributed by atoms with E-state index in [1.54, 1.807) is 56.3 Å². The lowest BCUT2D eigenvalue weighted by atomic mass is 9.96. The number of aliphatic imine (C=N–C) groups is 1. The first-order chi connectivity index (χ1) is 35.2. The molecule has 10 amide bonds. The predicted molar refractivity (Wildman–Crippen MR) is 281 cm³/mol. The van der Waals surface area contributed by atoms with Crippen molar-refractivity contribution >= 4 is 90.3 Å². The molecule has 8 atom stereocenters. The Morgan fingerprint density at radius 2 is 1.27 bits per heavy atom. The summed E-state index contributed by atoms with van der Waals surface area (Å²) < 4.78 is 0. The largest absolute Gasteiger partial charge is 0.508 e. The van der Waals surface area contributed by atoms with Crippen LogP contribution in [0.1, 0.15) is 76.3 Å². The minimum absolute atomic E-state index is 0.000239. The van der Waals surface area contributed by atoms with Crippen molar-refractivity contribution in [3.63, 3.8) is 0 Å². The summed E-state index contributed by atoms with van der Waals surface area (Å²) in [6, 6.07) is 5.85. The van der Waals surface area contributed by atoms with E-state index < -0.39 is 114 Å². The molecular formula is C48H71N13O11S2. The number of phenolic OH excluding ortho intramolecular Hbond substituents is 1. The van der Waals surface area contributed by atoms with Gasteiger partial charge in [-0.05, 0) is 67.0 Å². The summed E-state index contributed by atoms with van der Waals surface area (Å²) in [5.74, 6) is -8.29. The van der Waals surface area contributed by atoms with E-state index in [9.17, 15) is 53.1 Å². The molecule has 74 heavy (non-hydrogen) atoms. The number of hydrogen-bond donors (Lipinski definition) is 14. The highest BCUT2D eigenvalue weighted by Gasteiger charge is 2.40. The van der Waals surface area contributed by atoms with Gasteiger partial charge in [-0.2, -0.15) is 25.3 Å². The smallest absolute Gasteiger partial charge is 0.246 e. The maximum absolute atomic E-state index is 14.4. The highest BCUT2D eigenvalue weighted by molar-refractivity contribution is 7.80. The Hall–Kier alpha value is -7.09. The number of carbonyl (C=O) groups excluding carboxylic acids is 10. The molecule has 2 aromatic carbocycles. The molecule has 0 saturated carbocycles. The number of guanidine groups is 1. The number of nitrogens with two attached hydrogens (primary N) is 4. The first-order valence-electron chi connectivity index (χ1n) is 24.2. The van der Waals surface area contributed by atoms with Crippen LogP contribution < -0.4 is 60.2 Å². The minimum Gasteiger partial charge on any atom is -0.508 e. The monoisotopic (exact) mass is 1070 g/mol. The summed E-state index contributed by atoms with van der Waals surface area (Å²) in [4.78, 5) is 139. The number of amides is 10. The lowest BCUT2D eigenvalue weighted by Gasteiger charge is -2.31. The summed E-state index contributed by atoms with van der Waals surface area (Å²) in [6.45, 7) is 3.17. The van der Waals surface area contributed by atoms with Gasteiger partial charge in [0.2, 0.25) is 59.1 Å². The molecule has 16 N–H and O–H groups in total. The molecule has 1 fully saturated rings. The Morgan fingerprint density at radius 3 is 1.86 bits per heavy atom. The van der Waals surface area contributed by atoms with Crippen molar-refractivity contribution in [3.05, 3.63) is 65.7 Å². The lowest BCUT2D eigenvalue weighted by Crippen LogP contribution is -2.61. The highest BCUT2D eigenvalue weighted by Crippen LogP contribution is 2.20. The fourth-order valence-electron chi connectivity index (χ4n) is 7.85. The predicted octanol–water partition coefficient (Wildman–Crippen LogP) is -2.71. The van der Waals surface area contributed by atoms with Gasteiger partial charge in [-0.25, -0.2) is 0 Å². The van der Waals surface area contributed by atoms with E-state index in [0.717, 1.165) is 0 Å². The second-order valence-corrected chi connectivity index (χ2v) is 18.6. The third kappa shape index (κ3) is 20.8. The Bertz CT molecular complexity index is 2290. The fourth-order valence-corrected chi connectivity index (χ4v) is 8.30. The van der Waals surface area contributed by atoms with E-state index in [2.05, 4.69) is 67.5 Å². The molecule has 1 aliphatic heterocycles. The molecule has 2 aromatic rings. The standard InChI is InChI=1S/C48H71N13O11S2/c1-3-27(2)40(60-44(69)34(23-28-9-5-4-6-10-28)58-43(68)33(55-39(65)19-22-73)24-29-13-15-30(62)16-14-29)46(71)57-32(17-18-37(49)63)42(67)59-35(26-74)47(72)61-21-8-12-36(61)45(70)56-31(11-7-20-53-48(51)52)41(66)54-25-38(50)64/h4-6,9-10,13-16,27,31-36,40,62,73-74H,3,7-8,11-12,17-26H2,1-2H3,(H2,49,63)(H2,50,64)(H,54,66)(H,55,65)(H,56,70)(H,57,71)(H,58,68)(H,59,67)(H,60,69)(H4,51,52,53)/t27-,31+,32-,33-,34-,35-,36-,40-/m0/s1. The molecule has 0 aromatic heterocycles. The van der Waals surface area contributed by atoms with Gasteiger partial charge in [0.1, 0.15) is 48.0 Å². The molecule has 1 saturated heterocycles. The van der Waals surface area contributed by atoms with Gasteiger partial charge < -0.3 is 70.2 Å². The number of nitrogens with one attached hydrogen (secondary N) is 7. The first-order valence-corrected chi connectivity index (χ1v) is 25.5. The van der Waals surface area contributed by atoms with Gasteiger partial charge in [-0.3, -0.25) is 52.9 Å². The van der Waals surface area contributed by atoms with E-state index in [1.165, 1.54) is 17.0 Å². The fraction of sp³-hybridized carbons (Fsp3) is 0.521. The maximum atomic E-state index is 14.4.